The van der Waals surface area contributed by atoms with Gasteiger partial charge in [-0.3, -0.25) is 18.6 Å². The fourth-order valence-corrected chi connectivity index (χ4v) is 4.90. The van der Waals surface area contributed by atoms with E-state index < -0.39 is 13.8 Å². The topological polar surface area (TPSA) is 108 Å². The number of nitrogens with zero attached hydrogens (tertiary/aromatic N) is 1. The van der Waals surface area contributed by atoms with E-state index >= 15 is 0 Å². The highest BCUT2D eigenvalue weighted by Crippen LogP contribution is 2.43. The Morgan fingerprint density at radius 2 is 1.18 bits per heavy atom. The van der Waals surface area contributed by atoms with E-state index in [4.69, 9.17) is 18.5 Å². The van der Waals surface area contributed by atoms with Crippen molar-refractivity contribution in [2.75, 3.05) is 47.5 Å². The summed E-state index contributed by atoms with van der Waals surface area (Å²) in [6.45, 7) is 5.12. The van der Waals surface area contributed by atoms with Gasteiger partial charge in [-0.1, -0.05) is 78.1 Å². The van der Waals surface area contributed by atoms with Gasteiger partial charge in [0.2, 0.25) is 0 Å². The minimum Gasteiger partial charge on any atom is -0.466 e. The summed E-state index contributed by atoms with van der Waals surface area (Å²) in [5.41, 5.74) is 0. The highest BCUT2D eigenvalue weighted by molar-refractivity contribution is 7.47. The van der Waals surface area contributed by atoms with E-state index in [1.807, 2.05) is 21.1 Å². The summed E-state index contributed by atoms with van der Waals surface area (Å²) < 4.78 is 33.3. The molecule has 0 aromatic carbocycles. The molecule has 0 radical (unpaired) electrons. The van der Waals surface area contributed by atoms with Gasteiger partial charge in [0.15, 0.2) is 0 Å². The van der Waals surface area contributed by atoms with Crippen molar-refractivity contribution < 1.29 is 42.1 Å². The van der Waals surface area contributed by atoms with E-state index in [2.05, 4.69) is 13.8 Å². The number of quaternary nitrogens is 1. The first-order valence-electron chi connectivity index (χ1n) is 15.8. The van der Waals surface area contributed by atoms with Gasteiger partial charge in [0.25, 0.3) is 0 Å². The molecule has 0 aromatic heterocycles. The molecule has 0 heterocycles. The van der Waals surface area contributed by atoms with E-state index in [0.29, 0.717) is 17.4 Å². The predicted octanol–water partition coefficient (Wildman–Crippen LogP) is 7.34. The normalized spacial score (nSPS) is 13.4. The summed E-state index contributed by atoms with van der Waals surface area (Å²) in [6, 6.07) is 0. The van der Waals surface area contributed by atoms with Crippen LogP contribution in [-0.2, 0) is 32.7 Å². The van der Waals surface area contributed by atoms with Crippen LogP contribution in [0, 0.1) is 0 Å². The van der Waals surface area contributed by atoms with E-state index in [1.165, 1.54) is 64.2 Å². The number of hydrogen-bond acceptors (Lipinski definition) is 7. The summed E-state index contributed by atoms with van der Waals surface area (Å²) in [6.07, 6.45) is 17.4. The molecule has 10 heteroatoms. The lowest BCUT2D eigenvalue weighted by molar-refractivity contribution is -0.870. The van der Waals surface area contributed by atoms with Crippen LogP contribution in [0.25, 0.3) is 0 Å². The molecule has 1 unspecified atom stereocenters. The molecule has 0 aliphatic carbocycles. The summed E-state index contributed by atoms with van der Waals surface area (Å²) in [7, 11) is 1.75. The first kappa shape index (κ1) is 39.0. The van der Waals surface area contributed by atoms with Crippen molar-refractivity contribution in [1.29, 1.82) is 0 Å². The minimum atomic E-state index is -4.11. The van der Waals surface area contributed by atoms with Crippen LogP contribution in [0.4, 0.5) is 0 Å². The predicted molar refractivity (Wildman–Crippen MR) is 160 cm³/mol. The van der Waals surface area contributed by atoms with Gasteiger partial charge in [0, 0.05) is 19.3 Å². The van der Waals surface area contributed by atoms with Crippen LogP contribution in [0.3, 0.4) is 0 Å². The van der Waals surface area contributed by atoms with Crippen LogP contribution in [-0.4, -0.2) is 74.9 Å². The molecule has 0 aliphatic heterocycles. The largest absolute Gasteiger partial charge is 0.472 e. The molecule has 0 rings (SSSR count). The molecule has 1 atom stereocenters. The molecule has 0 aromatic rings. The number of phosphoric acid groups is 1. The monoisotopic (exact) mass is 594 g/mol. The van der Waals surface area contributed by atoms with Crippen LogP contribution in [0.5, 0.6) is 0 Å². The molecule has 0 amide bonds. The first-order valence-corrected chi connectivity index (χ1v) is 17.3. The zero-order chi connectivity index (χ0) is 30.1. The highest BCUT2D eigenvalue weighted by atomic mass is 31.2. The Labute approximate surface area is 244 Å². The Kier molecular flexibility index (Phi) is 24.0. The zero-order valence-corrected chi connectivity index (χ0v) is 27.2. The standard InChI is InChI=1S/C30H60NO8P/c1-6-8-10-12-14-16-20-28(21-17-15-13-11-9-7-2)39-30(33)23-18-22-29(32)36-25-19-26-37-40(34,35)38-27-24-31(3,4)5/h28H,6-27H2,1-5H3/p+1. The maximum atomic E-state index is 12.5. The molecule has 0 fully saturated rings. The molecule has 1 N–H and O–H groups in total. The maximum Gasteiger partial charge on any atom is 0.472 e. The van der Waals surface area contributed by atoms with Crippen molar-refractivity contribution >= 4 is 19.8 Å². The molecule has 0 saturated carbocycles. The fraction of sp³-hybridized carbons (Fsp3) is 0.933. The third-order valence-electron chi connectivity index (χ3n) is 6.64. The van der Waals surface area contributed by atoms with E-state index in [0.717, 1.165) is 25.7 Å². The third kappa shape index (κ3) is 27.2. The number of hydrogen-bond donors (Lipinski definition) is 1. The molecule has 0 spiro atoms. The average molecular weight is 595 g/mol. The van der Waals surface area contributed by atoms with Gasteiger partial charge >= 0.3 is 19.8 Å². The Bertz CT molecular complexity index is 667. The second-order valence-corrected chi connectivity index (χ2v) is 13.3. The molecule has 9 nitrogen and oxygen atoms in total. The number of carbonyl (C=O) groups is 2. The Morgan fingerprint density at radius 3 is 1.73 bits per heavy atom. The molecule has 40 heavy (non-hydrogen) atoms. The third-order valence-corrected chi connectivity index (χ3v) is 7.66. The number of rotatable bonds is 28. The number of esters is 2. The van der Waals surface area contributed by atoms with Gasteiger partial charge < -0.3 is 18.9 Å². The molecule has 0 bridgehead atoms. The summed E-state index contributed by atoms with van der Waals surface area (Å²) in [5.74, 6) is -0.651. The quantitative estimate of drug-likeness (QED) is 0.0434. The molecule has 0 saturated heterocycles. The van der Waals surface area contributed by atoms with Crippen LogP contribution >= 0.6 is 7.82 Å². The van der Waals surface area contributed by atoms with E-state index in [9.17, 15) is 19.0 Å². The van der Waals surface area contributed by atoms with E-state index in [1.54, 1.807) is 0 Å². The van der Waals surface area contributed by atoms with Crippen molar-refractivity contribution in [3.63, 3.8) is 0 Å². The maximum absolute atomic E-state index is 12.5. The van der Waals surface area contributed by atoms with E-state index in [-0.39, 0.29) is 51.2 Å². The lowest BCUT2D eigenvalue weighted by Crippen LogP contribution is -2.37. The number of ether oxygens (including phenoxy) is 2. The summed E-state index contributed by atoms with van der Waals surface area (Å²) in [4.78, 5) is 34.1. The number of likely N-dealkylation sites (N-methyl/N-ethyl adjacent to an activating group) is 1. The molecular weight excluding hydrogens is 533 g/mol. The number of carbonyl (C=O) groups excluding carboxylic acids is 2. The molecule has 0 aliphatic rings. The smallest absolute Gasteiger partial charge is 0.466 e. The van der Waals surface area contributed by atoms with Gasteiger partial charge in [0.1, 0.15) is 19.3 Å². The summed E-state index contributed by atoms with van der Waals surface area (Å²) in [5, 5.41) is 0. The second-order valence-electron chi connectivity index (χ2n) is 11.8. The van der Waals surface area contributed by atoms with Crippen LogP contribution < -0.4 is 0 Å². The minimum absolute atomic E-state index is 0.0317. The van der Waals surface area contributed by atoms with Gasteiger partial charge in [-0.15, -0.1) is 0 Å². The average Bonchev–Trinajstić information content (AvgIpc) is 2.86. The highest BCUT2D eigenvalue weighted by Gasteiger charge is 2.22. The van der Waals surface area contributed by atoms with Gasteiger partial charge in [0.05, 0.1) is 34.4 Å². The van der Waals surface area contributed by atoms with Crippen LogP contribution in [0.1, 0.15) is 129 Å². The zero-order valence-electron chi connectivity index (χ0n) is 26.3. The number of phosphoric ester groups is 1. The lowest BCUT2D eigenvalue weighted by Gasteiger charge is -2.24. The lowest BCUT2D eigenvalue weighted by atomic mass is 10.0. The van der Waals surface area contributed by atoms with Crippen LogP contribution in [0.2, 0.25) is 0 Å². The molecule has 238 valence electrons. The Hall–Kier alpha value is -0.990. The molecular formula is C30H61NO8P+. The summed E-state index contributed by atoms with van der Waals surface area (Å²) >= 11 is 0. The van der Waals surface area contributed by atoms with Crippen molar-refractivity contribution in [2.45, 2.75) is 136 Å². The SMILES string of the molecule is CCCCCCCCC(CCCCCCCC)OC(=O)CCCC(=O)OCCCOP(=O)(O)OCC[N+](C)(C)C. The first-order chi connectivity index (χ1) is 19.0. The van der Waals surface area contributed by atoms with Crippen molar-refractivity contribution in [2.24, 2.45) is 0 Å². The van der Waals surface area contributed by atoms with Crippen molar-refractivity contribution in [3.05, 3.63) is 0 Å². The Morgan fingerprint density at radius 1 is 0.675 bits per heavy atom. The van der Waals surface area contributed by atoms with Gasteiger partial charge in [-0.2, -0.15) is 0 Å². The Balaban J connectivity index is 4.14. The fourth-order valence-electron chi connectivity index (χ4n) is 4.15. The van der Waals surface area contributed by atoms with Crippen molar-refractivity contribution in [1.82, 2.24) is 0 Å². The van der Waals surface area contributed by atoms with Crippen LogP contribution in [0.15, 0.2) is 0 Å². The second kappa shape index (κ2) is 24.6. The number of unbranched alkanes of at least 4 members (excludes halogenated alkanes) is 10. The van der Waals surface area contributed by atoms with Gasteiger partial charge in [-0.25, -0.2) is 4.57 Å². The van der Waals surface area contributed by atoms with Crippen molar-refractivity contribution in [3.8, 4) is 0 Å². The van der Waals surface area contributed by atoms with Gasteiger partial charge in [-0.05, 0) is 32.1 Å².